The van der Waals surface area contributed by atoms with Gasteiger partial charge in [-0.15, -0.1) is 0 Å². The van der Waals surface area contributed by atoms with E-state index in [0.717, 1.165) is 6.33 Å². The van der Waals surface area contributed by atoms with Crippen LogP contribution in [0.3, 0.4) is 0 Å². The number of furan rings is 1. The Morgan fingerprint density at radius 1 is 1.64 bits per heavy atom. The molecule has 2 aromatic heterocycles. The molecule has 0 saturated carbocycles. The van der Waals surface area contributed by atoms with Gasteiger partial charge in [-0.1, -0.05) is 0 Å². The van der Waals surface area contributed by atoms with E-state index >= 15 is 0 Å². The van der Waals surface area contributed by atoms with Crippen molar-refractivity contribution in [2.24, 2.45) is 0 Å². The summed E-state index contributed by atoms with van der Waals surface area (Å²) in [6, 6.07) is 0. The molecule has 0 amide bonds. The molecule has 2 heterocycles. The van der Waals surface area contributed by atoms with Crippen LogP contribution in [0.2, 0.25) is 0 Å². The summed E-state index contributed by atoms with van der Waals surface area (Å²) in [6.45, 7) is 1.44. The fourth-order valence-electron chi connectivity index (χ4n) is 1.30. The number of carbonyl (C=O) groups excluding carboxylic acids is 1. The first-order valence-electron chi connectivity index (χ1n) is 3.79. The molecule has 6 heteroatoms. The third-order valence-electron chi connectivity index (χ3n) is 1.87. The summed E-state index contributed by atoms with van der Waals surface area (Å²) in [4.78, 5) is 27.9. The molecule has 0 aromatic carbocycles. The molecule has 0 aliphatic heterocycles. The predicted octanol–water partition coefficient (Wildman–Crippen LogP) is -0.812. The zero-order chi connectivity index (χ0) is 10.3. The summed E-state index contributed by atoms with van der Waals surface area (Å²) in [5.41, 5.74) is -0.786. The van der Waals surface area contributed by atoms with E-state index in [1.165, 1.54) is 6.92 Å². The molecule has 0 aliphatic rings. The highest BCUT2D eigenvalue weighted by atomic mass is 16.4. The van der Waals surface area contributed by atoms with Crippen molar-refractivity contribution in [2.75, 3.05) is 0 Å². The maximum atomic E-state index is 11.3. The topological polar surface area (TPSA) is 99.0 Å². The normalized spacial score (nSPS) is 10.6. The highest BCUT2D eigenvalue weighted by Gasteiger charge is 2.15. The summed E-state index contributed by atoms with van der Waals surface area (Å²) in [5.74, 6) is -1.33. The van der Waals surface area contributed by atoms with Crippen molar-refractivity contribution in [1.82, 2.24) is 9.97 Å². The van der Waals surface area contributed by atoms with Gasteiger partial charge in [0.05, 0.1) is 17.9 Å². The number of aryl methyl sites for hydroxylation is 1. The number of aromatic nitrogens is 2. The molecule has 0 unspecified atom stereocenters. The first kappa shape index (κ1) is 8.49. The van der Waals surface area contributed by atoms with Crippen molar-refractivity contribution in [3.8, 4) is 0 Å². The van der Waals surface area contributed by atoms with Crippen LogP contribution in [0.15, 0.2) is 15.5 Å². The minimum Gasteiger partial charge on any atom is -0.545 e. The molecule has 0 bridgehead atoms. The van der Waals surface area contributed by atoms with Crippen molar-refractivity contribution in [1.29, 1.82) is 0 Å². The van der Waals surface area contributed by atoms with Gasteiger partial charge in [0.1, 0.15) is 11.1 Å². The van der Waals surface area contributed by atoms with E-state index < -0.39 is 11.5 Å². The largest absolute Gasteiger partial charge is 0.545 e. The zero-order valence-electron chi connectivity index (χ0n) is 7.16. The Bertz CT molecular complexity index is 566. The smallest absolute Gasteiger partial charge is 0.262 e. The number of nitrogens with one attached hydrogen (secondary N) is 1. The average Bonchev–Trinajstić information content (AvgIpc) is 2.42. The number of hydrogen-bond donors (Lipinski definition) is 1. The van der Waals surface area contributed by atoms with Gasteiger partial charge in [0.2, 0.25) is 5.71 Å². The van der Waals surface area contributed by atoms with Gasteiger partial charge in [-0.05, 0) is 6.92 Å². The standard InChI is InChI=1S/C8H6N2O4/c1-3-4(8(12)13)5-6(11)9-2-10-7(5)14-3/h2H,1H3,(H,12,13)(H,9,10,11)/p-1. The summed E-state index contributed by atoms with van der Waals surface area (Å²) in [5, 5.41) is 10.6. The first-order chi connectivity index (χ1) is 6.61. The molecule has 0 radical (unpaired) electrons. The van der Waals surface area contributed by atoms with Gasteiger partial charge < -0.3 is 19.3 Å². The Labute approximate surface area is 77.2 Å². The average molecular weight is 193 g/mol. The molecule has 0 saturated heterocycles. The summed E-state index contributed by atoms with van der Waals surface area (Å²) < 4.78 is 4.99. The van der Waals surface area contributed by atoms with Crippen molar-refractivity contribution in [2.45, 2.75) is 6.92 Å². The van der Waals surface area contributed by atoms with Crippen molar-refractivity contribution < 1.29 is 14.3 Å². The van der Waals surface area contributed by atoms with Crippen molar-refractivity contribution >= 4 is 17.1 Å². The number of nitrogens with zero attached hydrogens (tertiary/aromatic N) is 1. The van der Waals surface area contributed by atoms with E-state index in [9.17, 15) is 14.7 Å². The minimum absolute atomic E-state index is 0.00505. The molecule has 2 aromatic rings. The SMILES string of the molecule is Cc1oc2nc[nH]c(=O)c2c1C(=O)[O-]. The van der Waals surface area contributed by atoms with Crippen LogP contribution in [0.4, 0.5) is 0 Å². The van der Waals surface area contributed by atoms with E-state index in [4.69, 9.17) is 4.42 Å². The van der Waals surface area contributed by atoms with Crippen LogP contribution >= 0.6 is 0 Å². The highest BCUT2D eigenvalue weighted by Crippen LogP contribution is 2.18. The van der Waals surface area contributed by atoms with Crippen LogP contribution in [-0.2, 0) is 0 Å². The Morgan fingerprint density at radius 3 is 3.00 bits per heavy atom. The number of H-pyrrole nitrogens is 1. The van der Waals surface area contributed by atoms with Crippen molar-refractivity contribution in [3.05, 3.63) is 28.0 Å². The summed E-state index contributed by atoms with van der Waals surface area (Å²) in [7, 11) is 0. The molecular formula is C8H5N2O4-. The lowest BCUT2D eigenvalue weighted by molar-refractivity contribution is -0.254. The van der Waals surface area contributed by atoms with E-state index in [1.54, 1.807) is 0 Å². The first-order valence-corrected chi connectivity index (χ1v) is 3.79. The zero-order valence-corrected chi connectivity index (χ0v) is 7.16. The van der Waals surface area contributed by atoms with E-state index in [1.807, 2.05) is 0 Å². The lowest BCUT2D eigenvalue weighted by Gasteiger charge is -1.97. The lowest BCUT2D eigenvalue weighted by atomic mass is 10.2. The molecule has 72 valence electrons. The maximum Gasteiger partial charge on any atom is 0.262 e. The Balaban J connectivity index is 3.01. The fourth-order valence-corrected chi connectivity index (χ4v) is 1.30. The van der Waals surface area contributed by atoms with E-state index in [-0.39, 0.29) is 22.4 Å². The van der Waals surface area contributed by atoms with Crippen LogP contribution in [0.5, 0.6) is 0 Å². The third kappa shape index (κ3) is 1.00. The van der Waals surface area contributed by atoms with Gasteiger partial charge in [-0.3, -0.25) is 4.79 Å². The number of aromatic carboxylic acids is 1. The second kappa shape index (κ2) is 2.69. The molecule has 2 rings (SSSR count). The summed E-state index contributed by atoms with van der Waals surface area (Å²) in [6.07, 6.45) is 1.15. The molecule has 0 fully saturated rings. The van der Waals surface area contributed by atoms with Crippen LogP contribution in [0.25, 0.3) is 11.1 Å². The van der Waals surface area contributed by atoms with Gasteiger partial charge in [-0.2, -0.15) is 0 Å². The summed E-state index contributed by atoms with van der Waals surface area (Å²) >= 11 is 0. The number of carbonyl (C=O) groups is 1. The van der Waals surface area contributed by atoms with Gasteiger partial charge in [0.25, 0.3) is 5.56 Å². The molecule has 0 aliphatic carbocycles. The van der Waals surface area contributed by atoms with Gasteiger partial charge in [0.15, 0.2) is 0 Å². The van der Waals surface area contributed by atoms with E-state index in [2.05, 4.69) is 9.97 Å². The number of aromatic amines is 1. The van der Waals surface area contributed by atoms with Crippen LogP contribution in [-0.4, -0.2) is 15.9 Å². The monoisotopic (exact) mass is 193 g/mol. The minimum atomic E-state index is -1.44. The number of rotatable bonds is 1. The Kier molecular flexibility index (Phi) is 1.63. The number of fused-ring (bicyclic) bond motifs is 1. The molecule has 14 heavy (non-hydrogen) atoms. The molecular weight excluding hydrogens is 188 g/mol. The predicted molar refractivity (Wildman–Crippen MR) is 43.7 cm³/mol. The van der Waals surface area contributed by atoms with Crippen molar-refractivity contribution in [3.63, 3.8) is 0 Å². The molecule has 6 nitrogen and oxygen atoms in total. The fraction of sp³-hybridized carbons (Fsp3) is 0.125. The van der Waals surface area contributed by atoms with Gasteiger partial charge >= 0.3 is 0 Å². The van der Waals surface area contributed by atoms with Gasteiger partial charge in [-0.25, -0.2) is 4.98 Å². The third-order valence-corrected chi connectivity index (χ3v) is 1.87. The van der Waals surface area contributed by atoms with Gasteiger partial charge in [0, 0.05) is 0 Å². The quantitative estimate of drug-likeness (QED) is 0.638. The second-order valence-corrected chi connectivity index (χ2v) is 2.73. The lowest BCUT2D eigenvalue weighted by Crippen LogP contribution is -2.24. The Morgan fingerprint density at radius 2 is 2.36 bits per heavy atom. The second-order valence-electron chi connectivity index (χ2n) is 2.73. The van der Waals surface area contributed by atoms with Crippen LogP contribution in [0.1, 0.15) is 16.1 Å². The van der Waals surface area contributed by atoms with Crippen LogP contribution in [0, 0.1) is 6.92 Å². The number of carboxylic acid groups (broad SMARTS) is 1. The highest BCUT2D eigenvalue weighted by molar-refractivity contribution is 6.01. The number of carboxylic acids is 1. The molecule has 0 atom stereocenters. The van der Waals surface area contributed by atoms with E-state index in [0.29, 0.717) is 0 Å². The number of hydrogen-bond acceptors (Lipinski definition) is 5. The Hall–Kier alpha value is -2.11. The molecule has 0 spiro atoms. The van der Waals surface area contributed by atoms with Crippen LogP contribution < -0.4 is 10.7 Å². The maximum absolute atomic E-state index is 11.3. The molecule has 1 N–H and O–H groups in total.